The van der Waals surface area contributed by atoms with Gasteiger partial charge < -0.3 is 10.6 Å². The Balaban J connectivity index is 1.74. The maximum atomic E-state index is 13.2. The Labute approximate surface area is 150 Å². The third kappa shape index (κ3) is 2.73. The summed E-state index contributed by atoms with van der Waals surface area (Å²) in [5.41, 5.74) is 3.21. The van der Waals surface area contributed by atoms with E-state index in [4.69, 9.17) is 0 Å². The standard InChI is InChI=1S/C19H18N6O/c1-12-6-3-4-8-15(12)24-18(26)16-13(2)23-19-21-11-22-25(19)17(16)14-7-5-9-20-10-14/h3-11,16-17H,2H2,1H3,(H,24,26)(H,21,22,23). The Hall–Kier alpha value is -3.48. The van der Waals surface area contributed by atoms with Gasteiger partial charge in [0, 0.05) is 23.8 Å². The van der Waals surface area contributed by atoms with Crippen LogP contribution in [0.25, 0.3) is 0 Å². The van der Waals surface area contributed by atoms with Gasteiger partial charge in [-0.2, -0.15) is 10.1 Å². The number of rotatable bonds is 3. The number of carbonyl (C=O) groups excluding carboxylic acids is 1. The number of aryl methyl sites for hydroxylation is 1. The van der Waals surface area contributed by atoms with Gasteiger partial charge in [0.1, 0.15) is 12.2 Å². The van der Waals surface area contributed by atoms with Gasteiger partial charge >= 0.3 is 0 Å². The molecule has 1 aliphatic rings. The summed E-state index contributed by atoms with van der Waals surface area (Å²) >= 11 is 0. The molecule has 7 heteroatoms. The molecule has 26 heavy (non-hydrogen) atoms. The molecule has 2 aromatic heterocycles. The predicted octanol–water partition coefficient (Wildman–Crippen LogP) is 2.77. The van der Waals surface area contributed by atoms with E-state index in [-0.39, 0.29) is 11.9 Å². The van der Waals surface area contributed by atoms with E-state index in [1.807, 2.05) is 43.3 Å². The summed E-state index contributed by atoms with van der Waals surface area (Å²) in [4.78, 5) is 21.5. The molecule has 0 aliphatic carbocycles. The van der Waals surface area contributed by atoms with Crippen molar-refractivity contribution in [3.05, 3.63) is 78.5 Å². The average Bonchev–Trinajstić information content (AvgIpc) is 3.11. The highest BCUT2D eigenvalue weighted by molar-refractivity contribution is 5.96. The molecule has 2 unspecified atom stereocenters. The van der Waals surface area contributed by atoms with Crippen molar-refractivity contribution in [3.8, 4) is 0 Å². The lowest BCUT2D eigenvalue weighted by atomic mass is 9.89. The number of pyridine rings is 1. The minimum Gasteiger partial charge on any atom is -0.328 e. The maximum Gasteiger partial charge on any atom is 0.235 e. The zero-order valence-electron chi connectivity index (χ0n) is 14.3. The van der Waals surface area contributed by atoms with Crippen LogP contribution in [0.15, 0.2) is 67.4 Å². The second kappa shape index (κ2) is 6.44. The number of nitrogens with one attached hydrogen (secondary N) is 2. The van der Waals surface area contributed by atoms with Crippen molar-refractivity contribution in [1.82, 2.24) is 19.7 Å². The van der Waals surface area contributed by atoms with Gasteiger partial charge in [-0.25, -0.2) is 4.68 Å². The van der Waals surface area contributed by atoms with Crippen LogP contribution in [0.4, 0.5) is 11.6 Å². The molecule has 4 rings (SSSR count). The van der Waals surface area contributed by atoms with Crippen LogP contribution in [0, 0.1) is 12.8 Å². The van der Waals surface area contributed by atoms with E-state index in [1.54, 1.807) is 17.1 Å². The molecule has 0 spiro atoms. The number of benzene rings is 1. The molecule has 1 aromatic carbocycles. The minimum absolute atomic E-state index is 0.160. The highest BCUT2D eigenvalue weighted by Crippen LogP contribution is 2.37. The SMILES string of the molecule is C=C1Nc2ncnn2C(c2cccnc2)C1C(=O)Nc1ccccc1C. The quantitative estimate of drug-likeness (QED) is 0.762. The monoisotopic (exact) mass is 346 g/mol. The first kappa shape index (κ1) is 16.0. The van der Waals surface area contributed by atoms with Crippen molar-refractivity contribution in [2.24, 2.45) is 5.92 Å². The third-order valence-corrected chi connectivity index (χ3v) is 4.51. The summed E-state index contributed by atoms with van der Waals surface area (Å²) in [6.07, 6.45) is 4.90. The van der Waals surface area contributed by atoms with Gasteiger partial charge in [-0.15, -0.1) is 0 Å². The molecule has 0 fully saturated rings. The molecule has 0 saturated carbocycles. The van der Waals surface area contributed by atoms with Crippen molar-refractivity contribution in [2.45, 2.75) is 13.0 Å². The first-order valence-corrected chi connectivity index (χ1v) is 8.27. The molecule has 2 atom stereocenters. The third-order valence-electron chi connectivity index (χ3n) is 4.51. The Bertz CT molecular complexity index is 965. The van der Waals surface area contributed by atoms with Crippen molar-refractivity contribution in [3.63, 3.8) is 0 Å². The van der Waals surface area contributed by atoms with Crippen molar-refractivity contribution in [1.29, 1.82) is 0 Å². The van der Waals surface area contributed by atoms with Crippen LogP contribution in [0.1, 0.15) is 17.2 Å². The van der Waals surface area contributed by atoms with Gasteiger partial charge in [0.2, 0.25) is 11.9 Å². The summed E-state index contributed by atoms with van der Waals surface area (Å²) in [6.45, 7) is 6.02. The molecular weight excluding hydrogens is 328 g/mol. The fraction of sp³-hybridized carbons (Fsp3) is 0.158. The first-order valence-electron chi connectivity index (χ1n) is 8.27. The van der Waals surface area contributed by atoms with E-state index >= 15 is 0 Å². The van der Waals surface area contributed by atoms with E-state index < -0.39 is 5.92 Å². The number of fused-ring (bicyclic) bond motifs is 1. The summed E-state index contributed by atoms with van der Waals surface area (Å²) in [6, 6.07) is 11.1. The van der Waals surface area contributed by atoms with Crippen molar-refractivity contribution in [2.75, 3.05) is 10.6 Å². The molecule has 7 nitrogen and oxygen atoms in total. The first-order chi connectivity index (χ1) is 12.6. The lowest BCUT2D eigenvalue weighted by Crippen LogP contribution is -2.39. The van der Waals surface area contributed by atoms with Crippen LogP contribution in [-0.4, -0.2) is 25.7 Å². The maximum absolute atomic E-state index is 13.2. The van der Waals surface area contributed by atoms with Crippen molar-refractivity contribution < 1.29 is 4.79 Å². The fourth-order valence-electron chi connectivity index (χ4n) is 3.21. The predicted molar refractivity (Wildman–Crippen MR) is 98.5 cm³/mol. The lowest BCUT2D eigenvalue weighted by Gasteiger charge is -2.33. The molecule has 130 valence electrons. The smallest absolute Gasteiger partial charge is 0.235 e. The molecule has 0 bridgehead atoms. The summed E-state index contributed by atoms with van der Waals surface area (Å²) in [7, 11) is 0. The number of aromatic nitrogens is 4. The van der Waals surface area contributed by atoms with Gasteiger partial charge in [0.15, 0.2) is 0 Å². The Morgan fingerprint density at radius 1 is 1.27 bits per heavy atom. The van der Waals surface area contributed by atoms with Gasteiger partial charge in [0.05, 0.1) is 6.04 Å². The van der Waals surface area contributed by atoms with Crippen LogP contribution in [-0.2, 0) is 4.79 Å². The Morgan fingerprint density at radius 3 is 2.88 bits per heavy atom. The van der Waals surface area contributed by atoms with Gasteiger partial charge in [-0.05, 0) is 30.2 Å². The summed E-state index contributed by atoms with van der Waals surface area (Å²) in [5.74, 6) is -0.163. The van der Waals surface area contributed by atoms with Crippen molar-refractivity contribution >= 4 is 17.5 Å². The summed E-state index contributed by atoms with van der Waals surface area (Å²) in [5, 5.41) is 10.4. The van der Waals surface area contributed by atoms with E-state index in [2.05, 4.69) is 32.3 Å². The van der Waals surface area contributed by atoms with Crippen LogP contribution in [0.3, 0.4) is 0 Å². The fourth-order valence-corrected chi connectivity index (χ4v) is 3.21. The molecule has 1 amide bonds. The number of hydrogen-bond acceptors (Lipinski definition) is 5. The topological polar surface area (TPSA) is 84.7 Å². The highest BCUT2D eigenvalue weighted by Gasteiger charge is 2.39. The second-order valence-electron chi connectivity index (χ2n) is 6.19. The molecule has 2 N–H and O–H groups in total. The zero-order valence-corrected chi connectivity index (χ0v) is 14.3. The Morgan fingerprint density at radius 2 is 2.12 bits per heavy atom. The van der Waals surface area contributed by atoms with Crippen LogP contribution in [0.2, 0.25) is 0 Å². The van der Waals surface area contributed by atoms with Crippen LogP contribution in [0.5, 0.6) is 0 Å². The van der Waals surface area contributed by atoms with Gasteiger partial charge in [-0.1, -0.05) is 30.8 Å². The van der Waals surface area contributed by atoms with E-state index in [0.29, 0.717) is 11.6 Å². The number of carbonyl (C=O) groups is 1. The number of nitrogens with zero attached hydrogens (tertiary/aromatic N) is 4. The van der Waals surface area contributed by atoms with Gasteiger partial charge in [-0.3, -0.25) is 9.78 Å². The molecule has 3 aromatic rings. The zero-order chi connectivity index (χ0) is 18.1. The number of anilines is 2. The number of para-hydroxylation sites is 1. The Kier molecular flexibility index (Phi) is 3.96. The van der Waals surface area contributed by atoms with E-state index in [9.17, 15) is 4.79 Å². The minimum atomic E-state index is -0.562. The molecule has 0 radical (unpaired) electrons. The molecular formula is C19H18N6O. The highest BCUT2D eigenvalue weighted by atomic mass is 16.2. The van der Waals surface area contributed by atoms with E-state index in [0.717, 1.165) is 16.8 Å². The second-order valence-corrected chi connectivity index (χ2v) is 6.19. The molecule has 1 aliphatic heterocycles. The average molecular weight is 346 g/mol. The normalized spacial score (nSPS) is 18.7. The number of amides is 1. The lowest BCUT2D eigenvalue weighted by molar-refractivity contribution is -0.119. The number of hydrogen-bond donors (Lipinski definition) is 2. The molecule has 3 heterocycles. The van der Waals surface area contributed by atoms with E-state index in [1.165, 1.54) is 6.33 Å². The molecule has 0 saturated heterocycles. The van der Waals surface area contributed by atoms with Crippen LogP contribution >= 0.6 is 0 Å². The van der Waals surface area contributed by atoms with Crippen LogP contribution < -0.4 is 10.6 Å². The largest absolute Gasteiger partial charge is 0.328 e. The summed E-state index contributed by atoms with van der Waals surface area (Å²) < 4.78 is 1.70. The van der Waals surface area contributed by atoms with Gasteiger partial charge in [0.25, 0.3) is 0 Å².